The number of carbonyl (C=O) groups is 1. The van der Waals surface area contributed by atoms with Gasteiger partial charge in [-0.25, -0.2) is 0 Å². The molecular formula is C23H38ClNO3. The number of allylic oxidation sites excluding steroid dienone is 1. The maximum atomic E-state index is 10.9. The van der Waals surface area contributed by atoms with Gasteiger partial charge in [0.2, 0.25) is 0 Å². The van der Waals surface area contributed by atoms with Crippen molar-refractivity contribution >= 4 is 17.6 Å². The number of carboxylic acid groups (broad SMARTS) is 1. The van der Waals surface area contributed by atoms with Gasteiger partial charge in [0.25, 0.3) is 0 Å². The summed E-state index contributed by atoms with van der Waals surface area (Å²) in [7, 11) is 0. The summed E-state index contributed by atoms with van der Waals surface area (Å²) in [5, 5.41) is 19.7. The molecule has 2 N–H and O–H groups in total. The Bertz CT molecular complexity index is 530. The lowest BCUT2D eigenvalue weighted by Crippen LogP contribution is -2.42. The van der Waals surface area contributed by atoms with Crippen molar-refractivity contribution in [2.24, 2.45) is 11.3 Å². The average Bonchev–Trinajstić information content (AvgIpc) is 3.38. The number of aliphatic hydroxyl groups excluding tert-OH is 1. The Morgan fingerprint density at radius 1 is 1.21 bits per heavy atom. The second-order valence-electron chi connectivity index (χ2n) is 9.42. The van der Waals surface area contributed by atoms with Crippen LogP contribution < -0.4 is 0 Å². The summed E-state index contributed by atoms with van der Waals surface area (Å²) >= 11 is 6.56. The van der Waals surface area contributed by atoms with E-state index in [4.69, 9.17) is 16.7 Å². The highest BCUT2D eigenvalue weighted by Gasteiger charge is 2.46. The molecule has 1 saturated heterocycles. The van der Waals surface area contributed by atoms with E-state index >= 15 is 0 Å². The number of halogens is 1. The Morgan fingerprint density at radius 3 is 2.64 bits per heavy atom. The van der Waals surface area contributed by atoms with Gasteiger partial charge in [-0.15, -0.1) is 11.6 Å². The Balaban J connectivity index is 1.36. The summed E-state index contributed by atoms with van der Waals surface area (Å²) < 4.78 is 0. The highest BCUT2D eigenvalue weighted by Crippen LogP contribution is 2.53. The third kappa shape index (κ3) is 6.21. The second-order valence-corrected chi connectivity index (χ2v) is 9.98. The van der Waals surface area contributed by atoms with Crippen molar-refractivity contribution in [3.63, 3.8) is 0 Å². The van der Waals surface area contributed by atoms with Crippen molar-refractivity contribution < 1.29 is 15.0 Å². The predicted molar refractivity (Wildman–Crippen MR) is 114 cm³/mol. The number of aliphatic carboxylic acids is 1. The summed E-state index contributed by atoms with van der Waals surface area (Å²) in [6.45, 7) is 2.08. The van der Waals surface area contributed by atoms with Crippen LogP contribution in [-0.4, -0.2) is 51.7 Å². The van der Waals surface area contributed by atoms with Crippen LogP contribution in [0.1, 0.15) is 83.5 Å². The minimum Gasteiger partial charge on any atom is -0.481 e. The zero-order valence-corrected chi connectivity index (χ0v) is 18.0. The number of hydrogen-bond acceptors (Lipinski definition) is 3. The first-order valence-electron chi connectivity index (χ1n) is 11.4. The predicted octanol–water partition coefficient (Wildman–Crippen LogP) is 4.98. The van der Waals surface area contributed by atoms with E-state index in [1.54, 1.807) is 0 Å². The molecule has 3 fully saturated rings. The highest BCUT2D eigenvalue weighted by molar-refractivity contribution is 6.21. The maximum Gasteiger partial charge on any atom is 0.303 e. The first kappa shape index (κ1) is 22.1. The van der Waals surface area contributed by atoms with Crippen LogP contribution in [0.5, 0.6) is 0 Å². The molecule has 3 rings (SSSR count). The number of nitrogens with zero attached hydrogens (tertiary/aromatic N) is 1. The van der Waals surface area contributed by atoms with E-state index in [9.17, 15) is 9.90 Å². The minimum absolute atomic E-state index is 0.121. The van der Waals surface area contributed by atoms with Gasteiger partial charge in [0.05, 0.1) is 11.5 Å². The zero-order chi connectivity index (χ0) is 20.0. The first-order chi connectivity index (χ1) is 13.5. The quantitative estimate of drug-likeness (QED) is 0.255. The fourth-order valence-electron chi connectivity index (χ4n) is 5.17. The van der Waals surface area contributed by atoms with Crippen molar-refractivity contribution in [2.75, 3.05) is 13.1 Å². The van der Waals surface area contributed by atoms with Crippen molar-refractivity contribution in [3.8, 4) is 0 Å². The topological polar surface area (TPSA) is 60.8 Å². The van der Waals surface area contributed by atoms with Crippen molar-refractivity contribution in [1.82, 2.24) is 4.90 Å². The number of rotatable bonds is 13. The number of aliphatic hydroxyl groups is 1. The molecule has 2 aliphatic carbocycles. The van der Waals surface area contributed by atoms with Crippen molar-refractivity contribution in [3.05, 3.63) is 12.2 Å². The molecular weight excluding hydrogens is 374 g/mol. The lowest BCUT2D eigenvalue weighted by atomic mass is 9.61. The molecule has 160 valence electrons. The van der Waals surface area contributed by atoms with Crippen LogP contribution in [0.2, 0.25) is 0 Å². The molecule has 2 saturated carbocycles. The molecule has 0 spiro atoms. The van der Waals surface area contributed by atoms with E-state index in [0.717, 1.165) is 51.1 Å². The van der Waals surface area contributed by atoms with Crippen LogP contribution in [0, 0.1) is 11.3 Å². The van der Waals surface area contributed by atoms with E-state index in [-0.39, 0.29) is 23.3 Å². The van der Waals surface area contributed by atoms with E-state index in [1.807, 2.05) is 0 Å². The molecule has 1 aliphatic heterocycles. The molecule has 0 amide bonds. The number of unbranched alkanes of at least 4 members (excludes halogenated alkanes) is 1. The molecule has 0 aromatic rings. The molecule has 4 nitrogen and oxygen atoms in total. The van der Waals surface area contributed by atoms with Crippen molar-refractivity contribution in [2.45, 2.75) is 101 Å². The van der Waals surface area contributed by atoms with Gasteiger partial charge >= 0.3 is 5.97 Å². The lowest BCUT2D eigenvalue weighted by molar-refractivity contribution is -0.137. The number of carboxylic acids is 1. The molecule has 5 heteroatoms. The van der Waals surface area contributed by atoms with Crippen LogP contribution in [0.4, 0.5) is 0 Å². The van der Waals surface area contributed by atoms with Gasteiger partial charge in [-0.1, -0.05) is 31.4 Å². The third-order valence-electron chi connectivity index (χ3n) is 7.26. The fraction of sp³-hybridized carbons (Fsp3) is 0.870. The molecule has 28 heavy (non-hydrogen) atoms. The Morgan fingerprint density at radius 2 is 2.00 bits per heavy atom. The average molecular weight is 412 g/mol. The molecule has 3 aliphatic rings. The van der Waals surface area contributed by atoms with Gasteiger partial charge in [0, 0.05) is 12.5 Å². The van der Waals surface area contributed by atoms with Gasteiger partial charge < -0.3 is 10.2 Å². The summed E-state index contributed by atoms with van der Waals surface area (Å²) in [5.74, 6) is 0.177. The number of likely N-dealkylation sites (tertiary alicyclic amines) is 1. The summed E-state index contributed by atoms with van der Waals surface area (Å²) in [6.07, 6.45) is 17.6. The second kappa shape index (κ2) is 10.4. The summed E-state index contributed by atoms with van der Waals surface area (Å²) in [4.78, 5) is 13.1. The molecule has 3 atom stereocenters. The van der Waals surface area contributed by atoms with Crippen LogP contribution in [0.15, 0.2) is 12.2 Å². The normalized spacial score (nSPS) is 28.5. The third-order valence-corrected chi connectivity index (χ3v) is 7.76. The smallest absolute Gasteiger partial charge is 0.303 e. The molecule has 0 bridgehead atoms. The number of alkyl halides is 1. The van der Waals surface area contributed by atoms with E-state index in [1.165, 1.54) is 38.5 Å². The van der Waals surface area contributed by atoms with E-state index in [0.29, 0.717) is 12.5 Å². The molecule has 0 radical (unpaired) electrons. The van der Waals surface area contributed by atoms with Crippen LogP contribution in [0.3, 0.4) is 0 Å². The largest absolute Gasteiger partial charge is 0.481 e. The summed E-state index contributed by atoms with van der Waals surface area (Å²) in [5.41, 5.74) is 0.249. The Hall–Kier alpha value is -0.580. The van der Waals surface area contributed by atoms with Gasteiger partial charge in [0.1, 0.15) is 0 Å². The van der Waals surface area contributed by atoms with Crippen LogP contribution >= 0.6 is 11.6 Å². The summed E-state index contributed by atoms with van der Waals surface area (Å²) in [6, 6.07) is 0.374. The lowest BCUT2D eigenvalue weighted by Gasteiger charge is -2.46. The van der Waals surface area contributed by atoms with Gasteiger partial charge in [-0.2, -0.15) is 0 Å². The molecule has 1 heterocycles. The molecule has 0 aromatic heterocycles. The van der Waals surface area contributed by atoms with Gasteiger partial charge in [-0.05, 0) is 82.2 Å². The number of hydrogen-bond donors (Lipinski definition) is 2. The Kier molecular flexibility index (Phi) is 8.25. The van der Waals surface area contributed by atoms with Gasteiger partial charge in [0.15, 0.2) is 0 Å². The van der Waals surface area contributed by atoms with Gasteiger partial charge in [-0.3, -0.25) is 9.69 Å². The van der Waals surface area contributed by atoms with E-state index in [2.05, 4.69) is 17.1 Å². The highest BCUT2D eigenvalue weighted by atomic mass is 35.5. The molecule has 3 unspecified atom stereocenters. The SMILES string of the molecule is O=C(O)CCCC=CCC1C(Cl)CCN1CCCC(O)C1(CC2CC2)CCC1. The van der Waals surface area contributed by atoms with Crippen molar-refractivity contribution in [1.29, 1.82) is 0 Å². The first-order valence-corrected chi connectivity index (χ1v) is 11.9. The molecule has 0 aromatic carbocycles. The fourth-order valence-corrected chi connectivity index (χ4v) is 5.53. The zero-order valence-electron chi connectivity index (χ0n) is 17.2. The van der Waals surface area contributed by atoms with Crippen LogP contribution in [-0.2, 0) is 4.79 Å². The standard InChI is InChI=1S/C23H38ClNO3/c24-19-12-16-25(20(19)7-3-1-2-4-9-22(27)28)15-5-8-21(26)23(13-6-14-23)17-18-10-11-18/h1,3,18-21,26H,2,4-17H2,(H,27,28). The van der Waals surface area contributed by atoms with Crippen LogP contribution in [0.25, 0.3) is 0 Å². The van der Waals surface area contributed by atoms with E-state index < -0.39 is 5.97 Å². The Labute approximate surface area is 175 Å². The maximum absolute atomic E-state index is 10.9. The minimum atomic E-state index is -0.723. The monoisotopic (exact) mass is 411 g/mol.